The molecular formula is C27H31Cl2N3OS. The minimum absolute atomic E-state index is 0.0646. The van der Waals surface area contributed by atoms with E-state index in [1.54, 1.807) is 11.3 Å². The Hall–Kier alpha value is -1.56. The third kappa shape index (κ3) is 3.53. The molecule has 5 aliphatic rings. The van der Waals surface area contributed by atoms with Gasteiger partial charge in [-0.15, -0.1) is 11.3 Å². The van der Waals surface area contributed by atoms with Crippen LogP contribution in [0.4, 0.5) is 0 Å². The van der Waals surface area contributed by atoms with Gasteiger partial charge in [0.25, 0.3) is 5.91 Å². The normalized spacial score (nSPS) is 28.9. The number of nitrogens with zero attached hydrogens (tertiary/aromatic N) is 2. The highest BCUT2D eigenvalue weighted by Crippen LogP contribution is 2.61. The fourth-order valence-electron chi connectivity index (χ4n) is 6.82. The number of rotatable bonds is 4. The average Bonchev–Trinajstić information content (AvgIpc) is 3.37. The van der Waals surface area contributed by atoms with Crippen molar-refractivity contribution in [1.29, 1.82) is 0 Å². The minimum Gasteiger partial charge on any atom is -0.350 e. The molecule has 0 saturated heterocycles. The summed E-state index contributed by atoms with van der Waals surface area (Å²) < 4.78 is 2.67. The zero-order valence-corrected chi connectivity index (χ0v) is 22.3. The first kappa shape index (κ1) is 22.9. The predicted octanol–water partition coefficient (Wildman–Crippen LogP) is 7.17. The van der Waals surface area contributed by atoms with Crippen LogP contribution in [0, 0.1) is 29.1 Å². The third-order valence-corrected chi connectivity index (χ3v) is 10.6. The Morgan fingerprint density at radius 1 is 1.29 bits per heavy atom. The van der Waals surface area contributed by atoms with Gasteiger partial charge in [-0.3, -0.25) is 4.79 Å². The number of hydrogen-bond donors (Lipinski definition) is 1. The monoisotopic (exact) mass is 515 g/mol. The lowest BCUT2D eigenvalue weighted by Crippen LogP contribution is -2.54. The number of carbonyl (C=O) groups excluding carboxylic acids is 1. The number of amides is 1. The summed E-state index contributed by atoms with van der Waals surface area (Å²) in [5, 5.41) is 8.86. The molecule has 2 aromatic heterocycles. The number of halogens is 2. The first-order valence-corrected chi connectivity index (χ1v) is 14.1. The van der Waals surface area contributed by atoms with Gasteiger partial charge in [0.15, 0.2) is 5.69 Å². The van der Waals surface area contributed by atoms with E-state index in [1.807, 2.05) is 10.7 Å². The van der Waals surface area contributed by atoms with E-state index in [0.717, 1.165) is 57.9 Å². The van der Waals surface area contributed by atoms with Crippen LogP contribution in [0.15, 0.2) is 23.3 Å². The van der Waals surface area contributed by atoms with E-state index in [2.05, 4.69) is 38.2 Å². The predicted molar refractivity (Wildman–Crippen MR) is 140 cm³/mol. The van der Waals surface area contributed by atoms with Crippen LogP contribution in [0.25, 0.3) is 16.3 Å². The Balaban J connectivity index is 1.33. The average molecular weight is 517 g/mol. The summed E-state index contributed by atoms with van der Waals surface area (Å²) in [6, 6.07) is 2.05. The van der Waals surface area contributed by atoms with E-state index in [4.69, 9.17) is 28.3 Å². The highest BCUT2D eigenvalue weighted by Gasteiger charge is 2.54. The molecule has 7 heteroatoms. The van der Waals surface area contributed by atoms with Gasteiger partial charge in [-0.1, -0.05) is 56.1 Å². The van der Waals surface area contributed by atoms with Crippen LogP contribution in [-0.4, -0.2) is 22.2 Å². The van der Waals surface area contributed by atoms with Gasteiger partial charge >= 0.3 is 0 Å². The molecule has 2 heterocycles. The lowest BCUT2D eigenvalue weighted by molar-refractivity contribution is -0.103. The van der Waals surface area contributed by atoms with Crippen LogP contribution in [0.5, 0.6) is 0 Å². The summed E-state index contributed by atoms with van der Waals surface area (Å²) in [7, 11) is 0. The Bertz CT molecular complexity index is 1230. The number of thiophene rings is 1. The second-order valence-electron chi connectivity index (χ2n) is 11.2. The maximum Gasteiger partial charge on any atom is 0.272 e. The second-order valence-corrected chi connectivity index (χ2v) is 13.3. The van der Waals surface area contributed by atoms with Crippen molar-refractivity contribution >= 4 is 46.1 Å². The summed E-state index contributed by atoms with van der Waals surface area (Å²) in [4.78, 5) is 14.6. The first-order valence-electron chi connectivity index (χ1n) is 12.5. The van der Waals surface area contributed by atoms with Gasteiger partial charge in [-0.2, -0.15) is 5.10 Å². The van der Waals surface area contributed by atoms with Crippen molar-refractivity contribution in [2.75, 3.05) is 6.54 Å². The fourth-order valence-corrected chi connectivity index (χ4v) is 8.55. The van der Waals surface area contributed by atoms with Crippen molar-refractivity contribution in [2.24, 2.45) is 29.1 Å². The summed E-state index contributed by atoms with van der Waals surface area (Å²) in [5.41, 5.74) is 5.04. The Morgan fingerprint density at radius 3 is 2.85 bits per heavy atom. The van der Waals surface area contributed by atoms with E-state index >= 15 is 0 Å². The van der Waals surface area contributed by atoms with Crippen molar-refractivity contribution in [1.82, 2.24) is 15.1 Å². The quantitative estimate of drug-likeness (QED) is 0.468. The maximum atomic E-state index is 13.5. The van der Waals surface area contributed by atoms with Crippen molar-refractivity contribution in [3.8, 4) is 10.6 Å². The standard InChI is InChI=1S/C27H31Cl2N3OS/c1-14-4-9-21(20(28)10-14)32-24-18(8-6-15-11-22(29)34-25(15)24)23(31-32)26(33)30-13-16-5-7-17-12-19(16)27(17,2)3/h9-11,14,16-17,19H,4-8,12-13H2,1-3H3,(H,30,33). The van der Waals surface area contributed by atoms with Crippen molar-refractivity contribution in [3.05, 3.63) is 44.4 Å². The molecule has 180 valence electrons. The van der Waals surface area contributed by atoms with E-state index in [9.17, 15) is 4.79 Å². The van der Waals surface area contributed by atoms with Gasteiger partial charge in [-0.05, 0) is 79.2 Å². The Morgan fingerprint density at radius 2 is 2.12 bits per heavy atom. The molecule has 4 nitrogen and oxygen atoms in total. The van der Waals surface area contributed by atoms with Crippen LogP contribution in [-0.2, 0) is 12.8 Å². The Labute approximate surface area is 215 Å². The van der Waals surface area contributed by atoms with Gasteiger partial charge in [0.2, 0.25) is 0 Å². The van der Waals surface area contributed by atoms with Gasteiger partial charge < -0.3 is 5.32 Å². The number of allylic oxidation sites excluding steroid dienone is 4. The molecule has 0 aromatic carbocycles. The van der Waals surface area contributed by atoms with Crippen LogP contribution in [0.1, 0.15) is 68.1 Å². The minimum atomic E-state index is -0.0646. The molecule has 1 amide bonds. The zero-order chi connectivity index (χ0) is 23.8. The molecule has 7 rings (SSSR count). The summed E-state index contributed by atoms with van der Waals surface area (Å²) in [5.74, 6) is 2.47. The molecule has 5 aliphatic carbocycles. The molecule has 4 atom stereocenters. The number of aryl methyl sites for hydroxylation is 1. The Kier molecular flexibility index (Phi) is 5.55. The van der Waals surface area contributed by atoms with Gasteiger partial charge in [0.05, 0.1) is 25.6 Å². The molecule has 0 spiro atoms. The number of fused-ring (bicyclic) bond motifs is 5. The molecule has 34 heavy (non-hydrogen) atoms. The SMILES string of the molecule is CC1C=C(Cl)C(n2nc(C(=O)NCC3CCC4CC3C4(C)C)c3c2-c2sc(Cl)cc2CC3)=CC1. The van der Waals surface area contributed by atoms with Gasteiger partial charge in [-0.25, -0.2) is 4.68 Å². The van der Waals surface area contributed by atoms with Crippen molar-refractivity contribution in [3.63, 3.8) is 0 Å². The smallest absolute Gasteiger partial charge is 0.272 e. The van der Waals surface area contributed by atoms with Gasteiger partial charge in [0, 0.05) is 12.1 Å². The molecule has 0 radical (unpaired) electrons. The highest BCUT2D eigenvalue weighted by atomic mass is 35.5. The summed E-state index contributed by atoms with van der Waals surface area (Å²) in [6.45, 7) is 7.69. The molecule has 2 aromatic rings. The van der Waals surface area contributed by atoms with E-state index in [-0.39, 0.29) is 5.91 Å². The van der Waals surface area contributed by atoms with Crippen LogP contribution in [0.2, 0.25) is 4.34 Å². The van der Waals surface area contributed by atoms with Gasteiger partial charge in [0.1, 0.15) is 0 Å². The van der Waals surface area contributed by atoms with Crippen LogP contribution in [0.3, 0.4) is 0 Å². The summed E-state index contributed by atoms with van der Waals surface area (Å²) >= 11 is 14.7. The van der Waals surface area contributed by atoms with Crippen molar-refractivity contribution in [2.45, 2.75) is 59.3 Å². The van der Waals surface area contributed by atoms with E-state index in [0.29, 0.717) is 33.9 Å². The van der Waals surface area contributed by atoms with E-state index in [1.165, 1.54) is 24.8 Å². The molecule has 4 unspecified atom stereocenters. The molecule has 3 fully saturated rings. The lowest BCUT2D eigenvalue weighted by Gasteiger charge is -2.60. The molecule has 0 aliphatic heterocycles. The molecule has 2 bridgehead atoms. The highest BCUT2D eigenvalue weighted by molar-refractivity contribution is 7.19. The maximum absolute atomic E-state index is 13.5. The van der Waals surface area contributed by atoms with Crippen LogP contribution >= 0.6 is 34.5 Å². The summed E-state index contributed by atoms with van der Waals surface area (Å²) in [6.07, 6.45) is 10.6. The second kappa shape index (κ2) is 8.25. The first-order chi connectivity index (χ1) is 16.2. The fraction of sp³-hybridized carbons (Fsp3) is 0.556. The number of aromatic nitrogens is 2. The zero-order valence-electron chi connectivity index (χ0n) is 20.0. The van der Waals surface area contributed by atoms with E-state index < -0.39 is 0 Å². The number of carbonyl (C=O) groups is 1. The largest absolute Gasteiger partial charge is 0.350 e. The molecule has 3 saturated carbocycles. The molecule has 1 N–H and O–H groups in total. The number of hydrogen-bond acceptors (Lipinski definition) is 3. The van der Waals surface area contributed by atoms with Crippen LogP contribution < -0.4 is 5.32 Å². The lowest BCUT2D eigenvalue weighted by atomic mass is 9.45. The number of nitrogens with one attached hydrogen (secondary N) is 1. The molecular weight excluding hydrogens is 485 g/mol. The topological polar surface area (TPSA) is 46.9 Å². The van der Waals surface area contributed by atoms with Crippen molar-refractivity contribution < 1.29 is 4.79 Å². The third-order valence-electron chi connectivity index (χ3n) is 8.95.